The van der Waals surface area contributed by atoms with Crippen molar-refractivity contribution in [3.05, 3.63) is 50.7 Å². The minimum absolute atomic E-state index is 0.0351. The van der Waals surface area contributed by atoms with Crippen molar-refractivity contribution in [3.8, 4) is 5.75 Å². The molecule has 10 nitrogen and oxygen atoms in total. The van der Waals surface area contributed by atoms with Crippen molar-refractivity contribution in [2.75, 3.05) is 31.1 Å². The number of carbonyl (C=O) groups excluding carboxylic acids is 1. The SMILES string of the molecule is Cn1c(=O)c2c(nc(N3CCN(C(=O)c4ccccc4O)CC3)n2C)n(C)c1=O. The minimum Gasteiger partial charge on any atom is -0.507 e. The third-order valence-electron chi connectivity index (χ3n) is 5.44. The van der Waals surface area contributed by atoms with Crippen LogP contribution in [0.25, 0.3) is 11.2 Å². The Labute approximate surface area is 165 Å². The van der Waals surface area contributed by atoms with E-state index in [1.165, 1.54) is 17.7 Å². The average Bonchev–Trinajstić information content (AvgIpc) is 3.08. The van der Waals surface area contributed by atoms with Gasteiger partial charge in [-0.05, 0) is 12.1 Å². The van der Waals surface area contributed by atoms with Gasteiger partial charge in [0, 0.05) is 47.3 Å². The molecular formula is C19H22N6O4. The van der Waals surface area contributed by atoms with Crippen LogP contribution in [0.3, 0.4) is 0 Å². The number of aromatic hydroxyl groups is 1. The van der Waals surface area contributed by atoms with E-state index in [0.29, 0.717) is 43.3 Å². The number of hydrogen-bond acceptors (Lipinski definition) is 6. The third-order valence-corrected chi connectivity index (χ3v) is 5.44. The lowest BCUT2D eigenvalue weighted by Gasteiger charge is -2.35. The molecule has 0 unspecified atom stereocenters. The quantitative estimate of drug-likeness (QED) is 0.632. The number of phenolic OH excluding ortho intramolecular Hbond substituents is 1. The van der Waals surface area contributed by atoms with E-state index in [0.717, 1.165) is 4.57 Å². The van der Waals surface area contributed by atoms with E-state index >= 15 is 0 Å². The molecule has 1 aliphatic rings. The number of carbonyl (C=O) groups is 1. The number of aromatic nitrogens is 4. The zero-order chi connectivity index (χ0) is 20.9. The number of piperazine rings is 1. The number of benzene rings is 1. The Hall–Kier alpha value is -3.56. The lowest BCUT2D eigenvalue weighted by molar-refractivity contribution is 0.0743. The third kappa shape index (κ3) is 2.87. The number of imidazole rings is 1. The number of rotatable bonds is 2. The van der Waals surface area contributed by atoms with Crippen LogP contribution >= 0.6 is 0 Å². The molecule has 0 spiro atoms. The van der Waals surface area contributed by atoms with Gasteiger partial charge in [0.05, 0.1) is 5.56 Å². The molecule has 1 aromatic carbocycles. The zero-order valence-corrected chi connectivity index (χ0v) is 16.5. The molecule has 1 aliphatic heterocycles. The molecule has 1 fully saturated rings. The predicted octanol–water partition coefficient (Wildman–Crippen LogP) is -0.361. The van der Waals surface area contributed by atoms with Crippen LogP contribution in [0, 0.1) is 0 Å². The second-order valence-electron chi connectivity index (χ2n) is 7.15. The summed E-state index contributed by atoms with van der Waals surface area (Å²) in [4.78, 5) is 45.6. The maximum atomic E-state index is 12.7. The summed E-state index contributed by atoms with van der Waals surface area (Å²) in [6, 6.07) is 6.49. The highest BCUT2D eigenvalue weighted by Crippen LogP contribution is 2.22. The molecule has 1 N–H and O–H groups in total. The lowest BCUT2D eigenvalue weighted by atomic mass is 10.1. The summed E-state index contributed by atoms with van der Waals surface area (Å²) < 4.78 is 4.12. The maximum absolute atomic E-state index is 12.7. The summed E-state index contributed by atoms with van der Waals surface area (Å²) in [6.45, 7) is 1.94. The van der Waals surface area contributed by atoms with Crippen LogP contribution in [0.4, 0.5) is 5.95 Å². The van der Waals surface area contributed by atoms with Gasteiger partial charge in [-0.2, -0.15) is 4.98 Å². The summed E-state index contributed by atoms with van der Waals surface area (Å²) in [5, 5.41) is 9.92. The lowest BCUT2D eigenvalue weighted by Crippen LogP contribution is -2.49. The van der Waals surface area contributed by atoms with Gasteiger partial charge >= 0.3 is 5.69 Å². The van der Waals surface area contributed by atoms with Gasteiger partial charge in [0.1, 0.15) is 5.75 Å². The van der Waals surface area contributed by atoms with Crippen molar-refractivity contribution in [1.29, 1.82) is 0 Å². The van der Waals surface area contributed by atoms with Crippen LogP contribution in [0.1, 0.15) is 10.4 Å². The number of phenols is 1. The van der Waals surface area contributed by atoms with Crippen LogP contribution < -0.4 is 16.1 Å². The van der Waals surface area contributed by atoms with Gasteiger partial charge < -0.3 is 19.5 Å². The molecule has 0 aliphatic carbocycles. The van der Waals surface area contributed by atoms with Gasteiger partial charge in [0.15, 0.2) is 11.2 Å². The molecule has 3 aromatic rings. The smallest absolute Gasteiger partial charge is 0.332 e. The second-order valence-corrected chi connectivity index (χ2v) is 7.15. The minimum atomic E-state index is -0.426. The van der Waals surface area contributed by atoms with Gasteiger partial charge in [-0.3, -0.25) is 18.7 Å². The molecule has 0 radical (unpaired) electrons. The number of aryl methyl sites for hydroxylation is 2. The van der Waals surface area contributed by atoms with E-state index < -0.39 is 11.2 Å². The number of fused-ring (bicyclic) bond motifs is 1. The molecular weight excluding hydrogens is 376 g/mol. The van der Waals surface area contributed by atoms with Gasteiger partial charge in [0.2, 0.25) is 5.95 Å². The summed E-state index contributed by atoms with van der Waals surface area (Å²) in [7, 11) is 4.78. The Bertz CT molecular complexity index is 1230. The highest BCUT2D eigenvalue weighted by Gasteiger charge is 2.27. The van der Waals surface area contributed by atoms with Crippen LogP contribution in [-0.4, -0.2) is 60.8 Å². The van der Waals surface area contributed by atoms with Crippen LogP contribution in [0.5, 0.6) is 5.75 Å². The van der Waals surface area contributed by atoms with Crippen molar-refractivity contribution >= 4 is 23.0 Å². The standard InChI is InChI=1S/C19H22N6O4/c1-21-14-15(22(2)19(29)23(3)17(14)28)20-18(21)25-10-8-24(9-11-25)16(27)12-6-4-5-7-13(12)26/h4-7,26H,8-11H2,1-3H3. The molecule has 0 atom stereocenters. The van der Waals surface area contributed by atoms with Crippen LogP contribution in [0.2, 0.25) is 0 Å². The Morgan fingerprint density at radius 2 is 1.62 bits per heavy atom. The first-order valence-corrected chi connectivity index (χ1v) is 9.26. The van der Waals surface area contributed by atoms with Crippen molar-refractivity contribution in [1.82, 2.24) is 23.6 Å². The molecule has 1 amide bonds. The number of hydrogen-bond donors (Lipinski definition) is 1. The molecule has 10 heteroatoms. The van der Waals surface area contributed by atoms with Gasteiger partial charge in [-0.15, -0.1) is 0 Å². The van der Waals surface area contributed by atoms with Crippen molar-refractivity contribution < 1.29 is 9.90 Å². The fraction of sp³-hybridized carbons (Fsp3) is 0.368. The first kappa shape index (κ1) is 18.8. The normalized spacial score (nSPS) is 14.6. The Morgan fingerprint density at radius 1 is 0.966 bits per heavy atom. The van der Waals surface area contributed by atoms with Crippen LogP contribution in [-0.2, 0) is 21.1 Å². The van der Waals surface area contributed by atoms with E-state index in [1.807, 2.05) is 4.90 Å². The highest BCUT2D eigenvalue weighted by molar-refractivity contribution is 5.97. The molecule has 29 heavy (non-hydrogen) atoms. The fourth-order valence-corrected chi connectivity index (χ4v) is 3.72. The molecule has 152 valence electrons. The van der Waals surface area contributed by atoms with Gasteiger partial charge in [0.25, 0.3) is 11.5 Å². The van der Waals surface area contributed by atoms with E-state index in [4.69, 9.17) is 0 Å². The predicted molar refractivity (Wildman–Crippen MR) is 107 cm³/mol. The Kier molecular flexibility index (Phi) is 4.40. The van der Waals surface area contributed by atoms with E-state index in [1.54, 1.807) is 41.8 Å². The largest absolute Gasteiger partial charge is 0.507 e. The topological polar surface area (TPSA) is 106 Å². The Balaban J connectivity index is 1.61. The van der Waals surface area contributed by atoms with Crippen molar-refractivity contribution in [2.45, 2.75) is 0 Å². The van der Waals surface area contributed by atoms with Crippen molar-refractivity contribution in [3.63, 3.8) is 0 Å². The van der Waals surface area contributed by atoms with E-state index in [9.17, 15) is 19.5 Å². The Morgan fingerprint density at radius 3 is 2.28 bits per heavy atom. The molecule has 0 bridgehead atoms. The second kappa shape index (κ2) is 6.80. The van der Waals surface area contributed by atoms with E-state index in [-0.39, 0.29) is 17.2 Å². The monoisotopic (exact) mass is 398 g/mol. The summed E-state index contributed by atoms with van der Waals surface area (Å²) >= 11 is 0. The summed E-state index contributed by atoms with van der Waals surface area (Å²) in [5.74, 6) is 0.323. The number of nitrogens with zero attached hydrogens (tertiary/aromatic N) is 6. The van der Waals surface area contributed by atoms with Gasteiger partial charge in [-0.1, -0.05) is 12.1 Å². The van der Waals surface area contributed by atoms with E-state index in [2.05, 4.69) is 4.98 Å². The fourth-order valence-electron chi connectivity index (χ4n) is 3.72. The average molecular weight is 398 g/mol. The number of para-hydroxylation sites is 1. The maximum Gasteiger partial charge on any atom is 0.332 e. The first-order valence-electron chi connectivity index (χ1n) is 9.26. The number of anilines is 1. The summed E-state index contributed by atoms with van der Waals surface area (Å²) in [5.41, 5.74) is 0.158. The molecule has 0 saturated carbocycles. The molecule has 2 aromatic heterocycles. The molecule has 4 rings (SSSR count). The first-order chi connectivity index (χ1) is 13.8. The van der Waals surface area contributed by atoms with Crippen LogP contribution in [0.15, 0.2) is 33.9 Å². The van der Waals surface area contributed by atoms with Gasteiger partial charge in [-0.25, -0.2) is 4.79 Å². The molecule has 1 saturated heterocycles. The zero-order valence-electron chi connectivity index (χ0n) is 16.5. The summed E-state index contributed by atoms with van der Waals surface area (Å²) in [6.07, 6.45) is 0. The molecule has 3 heterocycles. The van der Waals surface area contributed by atoms with Crippen molar-refractivity contribution in [2.24, 2.45) is 21.1 Å². The number of amides is 1. The highest BCUT2D eigenvalue weighted by atomic mass is 16.3.